The fraction of sp³-hybridized carbons (Fsp3) is 0.400. The molecule has 1 aliphatic rings. The summed E-state index contributed by atoms with van der Waals surface area (Å²) < 4.78 is 44.1. The van der Waals surface area contributed by atoms with Crippen LogP contribution in [0.1, 0.15) is 44.0 Å². The summed E-state index contributed by atoms with van der Waals surface area (Å²) in [6.07, 6.45) is 1.69. The van der Waals surface area contributed by atoms with Crippen molar-refractivity contribution in [3.05, 3.63) is 48.0 Å². The summed E-state index contributed by atoms with van der Waals surface area (Å²) in [5, 5.41) is 10.4. The van der Waals surface area contributed by atoms with Gasteiger partial charge in [0.25, 0.3) is 5.91 Å². The lowest BCUT2D eigenvalue weighted by molar-refractivity contribution is 0.102. The molecule has 2 aromatic carbocycles. The zero-order valence-electron chi connectivity index (χ0n) is 20.6. The molecule has 1 fully saturated rings. The molecule has 0 unspecified atom stereocenters. The van der Waals surface area contributed by atoms with Crippen LogP contribution in [0, 0.1) is 5.92 Å². The molecule has 1 amide bonds. The number of ether oxygens (including phenoxy) is 2. The van der Waals surface area contributed by atoms with E-state index in [2.05, 4.69) is 22.4 Å². The third kappa shape index (κ3) is 5.68. The van der Waals surface area contributed by atoms with E-state index in [0.29, 0.717) is 49.3 Å². The Kier molecular flexibility index (Phi) is 7.90. The number of hydrogen-bond donors (Lipinski definition) is 1. The topological polar surface area (TPSA) is 124 Å². The van der Waals surface area contributed by atoms with Gasteiger partial charge in [-0.15, -0.1) is 5.10 Å². The van der Waals surface area contributed by atoms with Crippen molar-refractivity contribution >= 4 is 21.9 Å². The molecular formula is C25H30N4O6S. The molecular weight excluding hydrogens is 484 g/mol. The molecule has 0 radical (unpaired) electrons. The summed E-state index contributed by atoms with van der Waals surface area (Å²) in [6, 6.07) is 11.0. The summed E-state index contributed by atoms with van der Waals surface area (Å²) in [6.45, 7) is 7.86. The van der Waals surface area contributed by atoms with Crippen LogP contribution in [0.4, 0.5) is 6.01 Å². The van der Waals surface area contributed by atoms with Crippen LogP contribution in [-0.4, -0.2) is 55.1 Å². The molecule has 1 aliphatic heterocycles. The van der Waals surface area contributed by atoms with Crippen LogP contribution in [0.5, 0.6) is 11.5 Å². The van der Waals surface area contributed by atoms with Gasteiger partial charge in [0.05, 0.1) is 18.1 Å². The van der Waals surface area contributed by atoms with Crippen LogP contribution in [0.15, 0.2) is 51.8 Å². The number of carbonyl (C=O) groups excluding carboxylic acids is 1. The lowest BCUT2D eigenvalue weighted by atomic mass is 10.0. The van der Waals surface area contributed by atoms with Crippen molar-refractivity contribution in [2.24, 2.45) is 5.92 Å². The molecule has 1 saturated heterocycles. The molecule has 0 bridgehead atoms. The molecule has 0 spiro atoms. The number of hydrogen-bond acceptors (Lipinski definition) is 8. The van der Waals surface area contributed by atoms with Crippen LogP contribution in [0.3, 0.4) is 0 Å². The van der Waals surface area contributed by atoms with Crippen molar-refractivity contribution in [3.63, 3.8) is 0 Å². The standard InChI is InChI=1S/C25H30N4O6S/c1-4-33-21-11-8-19(16-22(21)34-5-2)24-27-28-25(35-24)26-23(30)18-6-9-20(10-7-18)36(31,32)29-14-12-17(3)13-15-29/h6-11,16-17H,4-5,12-15H2,1-3H3,(H,26,28,30). The van der Waals surface area contributed by atoms with Crippen molar-refractivity contribution in [3.8, 4) is 23.0 Å². The summed E-state index contributed by atoms with van der Waals surface area (Å²) >= 11 is 0. The Hall–Kier alpha value is -3.44. The first kappa shape index (κ1) is 25.6. The number of carbonyl (C=O) groups is 1. The quantitative estimate of drug-likeness (QED) is 0.450. The predicted molar refractivity (Wildman–Crippen MR) is 134 cm³/mol. The van der Waals surface area contributed by atoms with Gasteiger partial charge in [0, 0.05) is 24.2 Å². The number of sulfonamides is 1. The van der Waals surface area contributed by atoms with E-state index in [1.807, 2.05) is 13.8 Å². The number of rotatable bonds is 9. The van der Waals surface area contributed by atoms with E-state index in [1.165, 1.54) is 28.6 Å². The predicted octanol–water partition coefficient (Wildman–Crippen LogP) is 4.21. The van der Waals surface area contributed by atoms with Crippen molar-refractivity contribution in [2.45, 2.75) is 38.5 Å². The highest BCUT2D eigenvalue weighted by Crippen LogP contribution is 2.33. The minimum absolute atomic E-state index is 0.0824. The fourth-order valence-electron chi connectivity index (χ4n) is 3.90. The molecule has 3 aromatic rings. The average molecular weight is 515 g/mol. The molecule has 1 aromatic heterocycles. The highest BCUT2D eigenvalue weighted by atomic mass is 32.2. The van der Waals surface area contributed by atoms with E-state index in [-0.39, 0.29) is 22.4 Å². The van der Waals surface area contributed by atoms with Gasteiger partial charge in [0.15, 0.2) is 11.5 Å². The van der Waals surface area contributed by atoms with Crippen molar-refractivity contribution < 1.29 is 27.1 Å². The normalized spacial score (nSPS) is 15.0. The Morgan fingerprint density at radius 2 is 1.69 bits per heavy atom. The second-order valence-corrected chi connectivity index (χ2v) is 10.4. The first-order valence-corrected chi connectivity index (χ1v) is 13.4. The number of benzene rings is 2. The molecule has 192 valence electrons. The number of anilines is 1. The van der Waals surface area contributed by atoms with Gasteiger partial charge < -0.3 is 13.9 Å². The molecule has 36 heavy (non-hydrogen) atoms. The highest BCUT2D eigenvalue weighted by molar-refractivity contribution is 7.89. The molecule has 11 heteroatoms. The van der Waals surface area contributed by atoms with Crippen LogP contribution in [-0.2, 0) is 10.0 Å². The average Bonchev–Trinajstić information content (AvgIpc) is 3.34. The summed E-state index contributed by atoms with van der Waals surface area (Å²) in [4.78, 5) is 12.8. The highest BCUT2D eigenvalue weighted by Gasteiger charge is 2.28. The molecule has 10 nitrogen and oxygen atoms in total. The van der Waals surface area contributed by atoms with Crippen LogP contribution in [0.25, 0.3) is 11.5 Å². The lowest BCUT2D eigenvalue weighted by Gasteiger charge is -2.29. The Bertz CT molecular complexity index is 1300. The maximum atomic E-state index is 12.9. The number of aromatic nitrogens is 2. The minimum Gasteiger partial charge on any atom is -0.490 e. The summed E-state index contributed by atoms with van der Waals surface area (Å²) in [5.74, 6) is 1.38. The summed E-state index contributed by atoms with van der Waals surface area (Å²) in [7, 11) is -3.59. The molecule has 0 atom stereocenters. The maximum Gasteiger partial charge on any atom is 0.322 e. The van der Waals surface area contributed by atoms with E-state index >= 15 is 0 Å². The van der Waals surface area contributed by atoms with Gasteiger partial charge in [-0.25, -0.2) is 8.42 Å². The zero-order chi connectivity index (χ0) is 25.7. The lowest BCUT2D eigenvalue weighted by Crippen LogP contribution is -2.37. The van der Waals surface area contributed by atoms with E-state index in [4.69, 9.17) is 13.9 Å². The van der Waals surface area contributed by atoms with E-state index in [9.17, 15) is 13.2 Å². The Morgan fingerprint density at radius 1 is 1.03 bits per heavy atom. The Labute approximate surface area is 210 Å². The third-order valence-electron chi connectivity index (χ3n) is 5.93. The Balaban J connectivity index is 1.44. The first-order chi connectivity index (χ1) is 17.3. The van der Waals surface area contributed by atoms with Crippen molar-refractivity contribution in [1.29, 1.82) is 0 Å². The van der Waals surface area contributed by atoms with Gasteiger partial charge >= 0.3 is 6.01 Å². The molecule has 2 heterocycles. The van der Waals surface area contributed by atoms with Crippen molar-refractivity contribution in [1.82, 2.24) is 14.5 Å². The van der Waals surface area contributed by atoms with Gasteiger partial charge in [0.1, 0.15) is 0 Å². The van der Waals surface area contributed by atoms with Crippen LogP contribution < -0.4 is 14.8 Å². The number of piperidine rings is 1. The van der Waals surface area contributed by atoms with Gasteiger partial charge in [-0.2, -0.15) is 4.31 Å². The number of amides is 1. The molecule has 4 rings (SSSR count). The SMILES string of the molecule is CCOc1ccc(-c2nnc(NC(=O)c3ccc(S(=O)(=O)N4CCC(C)CC4)cc3)o2)cc1OCC. The molecule has 0 saturated carbocycles. The maximum absolute atomic E-state index is 12.9. The number of nitrogens with zero attached hydrogens (tertiary/aromatic N) is 3. The van der Waals surface area contributed by atoms with Gasteiger partial charge in [0.2, 0.25) is 15.9 Å². The fourth-order valence-corrected chi connectivity index (χ4v) is 5.37. The molecule has 0 aliphatic carbocycles. The van der Waals surface area contributed by atoms with E-state index in [1.54, 1.807) is 18.2 Å². The third-order valence-corrected chi connectivity index (χ3v) is 7.85. The van der Waals surface area contributed by atoms with Crippen LogP contribution in [0.2, 0.25) is 0 Å². The summed E-state index contributed by atoms with van der Waals surface area (Å²) in [5.41, 5.74) is 0.872. The second kappa shape index (κ2) is 11.1. The largest absolute Gasteiger partial charge is 0.490 e. The smallest absolute Gasteiger partial charge is 0.322 e. The van der Waals surface area contributed by atoms with Gasteiger partial charge in [-0.3, -0.25) is 10.1 Å². The zero-order valence-corrected chi connectivity index (χ0v) is 21.4. The van der Waals surface area contributed by atoms with Gasteiger partial charge in [-0.1, -0.05) is 12.0 Å². The van der Waals surface area contributed by atoms with E-state index in [0.717, 1.165) is 12.8 Å². The van der Waals surface area contributed by atoms with Crippen molar-refractivity contribution in [2.75, 3.05) is 31.6 Å². The minimum atomic E-state index is -3.59. The second-order valence-electron chi connectivity index (χ2n) is 8.51. The van der Waals surface area contributed by atoms with Gasteiger partial charge in [-0.05, 0) is 75.1 Å². The number of nitrogens with one attached hydrogen (secondary N) is 1. The molecule has 1 N–H and O–H groups in total. The monoisotopic (exact) mass is 514 g/mol. The Morgan fingerprint density at radius 3 is 2.36 bits per heavy atom. The first-order valence-electron chi connectivity index (χ1n) is 12.0. The van der Waals surface area contributed by atoms with E-state index < -0.39 is 15.9 Å². The van der Waals surface area contributed by atoms with Crippen LogP contribution >= 0.6 is 0 Å².